The number of nitrogens with one attached hydrogen (secondary N) is 1. The largest absolute Gasteiger partial charge is 0.326 e. The number of halogens is 2. The summed E-state index contributed by atoms with van der Waals surface area (Å²) in [5.41, 5.74) is 4.79. The van der Waals surface area contributed by atoms with Crippen LogP contribution in [0.1, 0.15) is 11.4 Å². The van der Waals surface area contributed by atoms with Crippen LogP contribution in [0.15, 0.2) is 102 Å². The fourth-order valence-electron chi connectivity index (χ4n) is 4.97. The van der Waals surface area contributed by atoms with Crippen molar-refractivity contribution in [2.24, 2.45) is 0 Å². The van der Waals surface area contributed by atoms with Crippen molar-refractivity contribution in [2.75, 3.05) is 17.1 Å². The zero-order valence-electron chi connectivity index (χ0n) is 23.1. The monoisotopic (exact) mass is 666 g/mol. The minimum absolute atomic E-state index is 0.249. The summed E-state index contributed by atoms with van der Waals surface area (Å²) in [4.78, 5) is 17.0. The van der Waals surface area contributed by atoms with Gasteiger partial charge in [-0.2, -0.15) is 8.42 Å². The van der Waals surface area contributed by atoms with E-state index in [1.807, 2.05) is 51.9 Å². The third kappa shape index (κ3) is 6.09. The lowest BCUT2D eigenvalue weighted by Crippen LogP contribution is -2.29. The number of carbonyl (C=O) groups is 1. The second kappa shape index (κ2) is 11.4. The van der Waals surface area contributed by atoms with E-state index in [1.165, 1.54) is 6.26 Å². The van der Waals surface area contributed by atoms with Crippen molar-refractivity contribution in [3.8, 4) is 28.1 Å². The van der Waals surface area contributed by atoms with Gasteiger partial charge in [-0.25, -0.2) is 22.4 Å². The lowest BCUT2D eigenvalue weighted by Gasteiger charge is -2.16. The molecule has 0 spiro atoms. The van der Waals surface area contributed by atoms with Crippen LogP contribution in [0, 0.1) is 0 Å². The minimum Gasteiger partial charge on any atom is -0.303 e. The minimum atomic E-state index is -3.99. The van der Waals surface area contributed by atoms with Gasteiger partial charge in [-0.05, 0) is 65.2 Å². The molecule has 1 aromatic heterocycles. The first-order valence-corrected chi connectivity index (χ1v) is 17.3. The number of anilines is 1. The van der Waals surface area contributed by atoms with Gasteiger partial charge in [0.05, 0.1) is 21.3 Å². The summed E-state index contributed by atoms with van der Waals surface area (Å²) in [5, 5.41) is 0.916. The molecule has 9 nitrogen and oxygen atoms in total. The number of hydrogen-bond acceptors (Lipinski definition) is 6. The molecule has 0 aliphatic carbocycles. The molecular formula is C31H24Cl2N4O5S2. The van der Waals surface area contributed by atoms with Crippen molar-refractivity contribution in [2.45, 2.75) is 11.3 Å². The van der Waals surface area contributed by atoms with Crippen LogP contribution in [-0.2, 0) is 31.3 Å². The maximum absolute atomic E-state index is 12.5. The number of carbonyl (C=O) groups excluding carboxylic acids is 1. The molecule has 1 saturated heterocycles. The summed E-state index contributed by atoms with van der Waals surface area (Å²) in [6, 6.07) is 26.5. The average molecular weight is 668 g/mol. The van der Waals surface area contributed by atoms with Crippen molar-refractivity contribution in [1.82, 2.24) is 14.3 Å². The number of aromatic nitrogens is 2. The quantitative estimate of drug-likeness (QED) is 0.238. The highest BCUT2D eigenvalue weighted by Gasteiger charge is 2.34. The van der Waals surface area contributed by atoms with Crippen LogP contribution in [-0.4, -0.2) is 45.1 Å². The van der Waals surface area contributed by atoms with E-state index in [1.54, 1.807) is 54.6 Å². The predicted molar refractivity (Wildman–Crippen MR) is 171 cm³/mol. The maximum atomic E-state index is 12.5. The summed E-state index contributed by atoms with van der Waals surface area (Å²) < 4.78 is 53.9. The van der Waals surface area contributed by atoms with Gasteiger partial charge in [0.1, 0.15) is 12.4 Å². The van der Waals surface area contributed by atoms with Crippen molar-refractivity contribution < 1.29 is 21.6 Å². The molecule has 44 heavy (non-hydrogen) atoms. The van der Waals surface area contributed by atoms with Crippen LogP contribution in [0.2, 0.25) is 10.0 Å². The van der Waals surface area contributed by atoms with Crippen molar-refractivity contribution >= 4 is 54.8 Å². The Hall–Kier alpha value is -4.16. The lowest BCUT2D eigenvalue weighted by atomic mass is 10.0. The zero-order valence-corrected chi connectivity index (χ0v) is 26.3. The second-order valence-corrected chi connectivity index (χ2v) is 14.7. The van der Waals surface area contributed by atoms with Gasteiger partial charge in [0, 0.05) is 35.1 Å². The first-order valence-electron chi connectivity index (χ1n) is 13.2. The summed E-state index contributed by atoms with van der Waals surface area (Å²) >= 11 is 12.6. The number of rotatable bonds is 7. The number of nitrogens with zero attached hydrogens (tertiary/aromatic N) is 3. The molecule has 4 aromatic carbocycles. The Bertz CT molecular complexity index is 2150. The molecule has 5 aromatic rings. The molecule has 1 aliphatic heterocycles. The number of benzene rings is 4. The Balaban J connectivity index is 1.38. The molecule has 224 valence electrons. The van der Waals surface area contributed by atoms with E-state index >= 15 is 0 Å². The van der Waals surface area contributed by atoms with Gasteiger partial charge in [0.25, 0.3) is 5.91 Å². The van der Waals surface area contributed by atoms with E-state index in [2.05, 4.69) is 0 Å². The van der Waals surface area contributed by atoms with E-state index < -0.39 is 26.0 Å². The van der Waals surface area contributed by atoms with Crippen LogP contribution in [0.5, 0.6) is 0 Å². The number of imidazole rings is 1. The van der Waals surface area contributed by atoms with Crippen molar-refractivity contribution in [3.63, 3.8) is 0 Å². The molecule has 0 radical (unpaired) electrons. The molecule has 1 N–H and O–H groups in total. The molecule has 0 saturated carbocycles. The van der Waals surface area contributed by atoms with Crippen LogP contribution in [0.4, 0.5) is 5.69 Å². The molecule has 1 amide bonds. The third-order valence-corrected chi connectivity index (χ3v) is 10.2. The Kier molecular flexibility index (Phi) is 7.75. The Morgan fingerprint density at radius 3 is 2.30 bits per heavy atom. The first kappa shape index (κ1) is 29.9. The second-order valence-electron chi connectivity index (χ2n) is 10.3. The van der Waals surface area contributed by atoms with Crippen LogP contribution in [0.3, 0.4) is 0 Å². The Morgan fingerprint density at radius 2 is 1.61 bits per heavy atom. The number of sulfone groups is 1. The van der Waals surface area contributed by atoms with E-state index in [-0.39, 0.29) is 11.4 Å². The topological polar surface area (TPSA) is 118 Å². The van der Waals surface area contributed by atoms with E-state index in [0.29, 0.717) is 44.9 Å². The van der Waals surface area contributed by atoms with Gasteiger partial charge in [-0.15, -0.1) is 0 Å². The molecule has 0 unspecified atom stereocenters. The summed E-state index contributed by atoms with van der Waals surface area (Å²) in [6.45, 7) is -0.312. The molecular weight excluding hydrogens is 643 g/mol. The summed E-state index contributed by atoms with van der Waals surface area (Å²) in [5.74, 6) is 0.0401. The van der Waals surface area contributed by atoms with Crippen LogP contribution in [0.25, 0.3) is 28.1 Å². The van der Waals surface area contributed by atoms with Gasteiger partial charge in [-0.1, -0.05) is 65.7 Å². The molecule has 1 aliphatic rings. The highest BCUT2D eigenvalue weighted by atomic mass is 35.5. The van der Waals surface area contributed by atoms with E-state index in [9.17, 15) is 21.6 Å². The molecule has 2 heterocycles. The first-order chi connectivity index (χ1) is 20.9. The van der Waals surface area contributed by atoms with Gasteiger partial charge in [0.15, 0.2) is 9.84 Å². The number of amides is 1. The van der Waals surface area contributed by atoms with Crippen LogP contribution >= 0.6 is 23.2 Å². The van der Waals surface area contributed by atoms with Gasteiger partial charge < -0.3 is 4.57 Å². The molecule has 6 rings (SSSR count). The van der Waals surface area contributed by atoms with Crippen molar-refractivity contribution in [1.29, 1.82) is 0 Å². The fraction of sp³-hybridized carbons (Fsp3) is 0.0968. The number of hydrogen-bond donors (Lipinski definition) is 1. The maximum Gasteiger partial charge on any atom is 0.326 e. The molecule has 13 heteroatoms. The normalized spacial score (nSPS) is 14.5. The van der Waals surface area contributed by atoms with Gasteiger partial charge >= 0.3 is 10.2 Å². The predicted octanol–water partition coefficient (Wildman–Crippen LogP) is 5.69. The Labute approximate surface area is 264 Å². The van der Waals surface area contributed by atoms with Crippen molar-refractivity contribution in [3.05, 3.63) is 119 Å². The van der Waals surface area contributed by atoms with E-state index in [4.69, 9.17) is 28.2 Å². The standard InChI is InChI=1S/C31H24Cl2N4O5S2/c1-43(39,40)26-7-2-4-22(15-26)21-10-8-20(9-11-21)14-30-34-29(27-13-12-23(32)16-28(27)33)18-36(30)24-5-3-6-25(17-24)37-19-31(38)35-44(37,41)42/h2-13,15-18H,14,19H2,1H3,(H,35,38). The fourth-order valence-corrected chi connectivity index (χ4v) is 7.29. The average Bonchev–Trinajstić information content (AvgIpc) is 3.51. The lowest BCUT2D eigenvalue weighted by molar-refractivity contribution is -0.117. The highest BCUT2D eigenvalue weighted by molar-refractivity contribution is 7.92. The smallest absolute Gasteiger partial charge is 0.303 e. The van der Waals surface area contributed by atoms with Crippen LogP contribution < -0.4 is 9.03 Å². The van der Waals surface area contributed by atoms with E-state index in [0.717, 1.165) is 21.0 Å². The third-order valence-electron chi connectivity index (χ3n) is 7.11. The summed E-state index contributed by atoms with van der Waals surface area (Å²) in [6.07, 6.45) is 3.40. The summed E-state index contributed by atoms with van der Waals surface area (Å²) in [7, 11) is -7.33. The van der Waals surface area contributed by atoms with Gasteiger partial charge in [0.2, 0.25) is 0 Å². The highest BCUT2D eigenvalue weighted by Crippen LogP contribution is 2.32. The van der Waals surface area contributed by atoms with Gasteiger partial charge in [-0.3, -0.25) is 4.79 Å². The molecule has 0 atom stereocenters. The Morgan fingerprint density at radius 1 is 0.886 bits per heavy atom. The molecule has 0 bridgehead atoms. The SMILES string of the molecule is CS(=O)(=O)c1cccc(-c2ccc(Cc3nc(-c4ccc(Cl)cc4Cl)cn3-c3cccc(N4CC(=O)NS4(=O)=O)c3)cc2)c1. The zero-order chi connectivity index (χ0) is 31.2. The molecule has 1 fully saturated rings.